The Balaban J connectivity index is 1.74. The van der Waals surface area contributed by atoms with Gasteiger partial charge in [0.15, 0.2) is 0 Å². The summed E-state index contributed by atoms with van der Waals surface area (Å²) in [5.74, 6) is -1.53. The van der Waals surface area contributed by atoms with E-state index in [-0.39, 0.29) is 39.2 Å². The average molecular weight is 536 g/mol. The lowest BCUT2D eigenvalue weighted by molar-refractivity contribution is 0.0224. The molecule has 0 spiro atoms. The summed E-state index contributed by atoms with van der Waals surface area (Å²) in [6.45, 7) is 1.36. The first-order valence-electron chi connectivity index (χ1n) is 11.5. The molecule has 36 heavy (non-hydrogen) atoms. The third-order valence-corrected chi connectivity index (χ3v) is 6.57. The van der Waals surface area contributed by atoms with Crippen LogP contribution in [0, 0.1) is 11.6 Å². The molecule has 1 N–H and O–H groups in total. The second-order valence-electron chi connectivity index (χ2n) is 8.44. The van der Waals surface area contributed by atoms with Crippen molar-refractivity contribution in [2.75, 3.05) is 20.3 Å². The van der Waals surface area contributed by atoms with Crippen LogP contribution in [-0.4, -0.2) is 42.7 Å². The fourth-order valence-corrected chi connectivity index (χ4v) is 4.71. The molecule has 190 valence electrons. The second-order valence-corrected chi connectivity index (χ2v) is 9.26. The molecule has 10 heteroatoms. The van der Waals surface area contributed by atoms with Crippen molar-refractivity contribution in [3.8, 4) is 5.69 Å². The monoisotopic (exact) mass is 535 g/mol. The number of benzene rings is 2. The molecule has 1 aromatic heterocycles. The Morgan fingerprint density at radius 1 is 1.17 bits per heavy atom. The Morgan fingerprint density at radius 2 is 1.94 bits per heavy atom. The highest BCUT2D eigenvalue weighted by molar-refractivity contribution is 6.37. The number of para-hydroxylation sites is 1. The zero-order valence-electron chi connectivity index (χ0n) is 19.5. The van der Waals surface area contributed by atoms with E-state index in [4.69, 9.17) is 32.8 Å². The Morgan fingerprint density at radius 3 is 2.67 bits per heavy atom. The molecule has 1 aliphatic rings. The van der Waals surface area contributed by atoms with E-state index in [1.165, 1.54) is 29.0 Å². The van der Waals surface area contributed by atoms with E-state index in [9.17, 15) is 13.6 Å². The Kier molecular flexibility index (Phi) is 8.74. The summed E-state index contributed by atoms with van der Waals surface area (Å²) in [7, 11) is 1.65. The highest BCUT2D eigenvalue weighted by atomic mass is 35.5. The molecule has 2 aromatic carbocycles. The summed E-state index contributed by atoms with van der Waals surface area (Å²) >= 11 is 12.6. The Bertz CT molecular complexity index is 1300. The van der Waals surface area contributed by atoms with Gasteiger partial charge in [0.1, 0.15) is 23.5 Å². The first kappa shape index (κ1) is 26.3. The zero-order chi connectivity index (χ0) is 25.7. The summed E-state index contributed by atoms with van der Waals surface area (Å²) in [4.78, 5) is 18.6. The van der Waals surface area contributed by atoms with Crippen LogP contribution < -0.4 is 10.9 Å². The van der Waals surface area contributed by atoms with Crippen molar-refractivity contribution in [2.24, 2.45) is 5.16 Å². The lowest BCUT2D eigenvalue weighted by Crippen LogP contribution is -2.41. The van der Waals surface area contributed by atoms with Gasteiger partial charge in [0.05, 0.1) is 15.7 Å². The molecule has 0 saturated carbocycles. The molecule has 4 rings (SSSR count). The number of ether oxygens (including phenoxy) is 1. The fraction of sp³-hybridized carbons (Fsp3) is 0.308. The first-order valence-corrected chi connectivity index (χ1v) is 12.2. The van der Waals surface area contributed by atoms with Crippen LogP contribution in [0.4, 0.5) is 8.78 Å². The molecule has 0 bridgehead atoms. The maximum Gasteiger partial charge on any atom is 0.255 e. The molecule has 1 saturated heterocycles. The van der Waals surface area contributed by atoms with E-state index in [2.05, 4.69) is 10.5 Å². The number of oxime groups is 1. The molecular formula is C26H25Cl2F2N3O3. The molecule has 1 aliphatic heterocycles. The average Bonchev–Trinajstić information content (AvgIpc) is 2.85. The summed E-state index contributed by atoms with van der Waals surface area (Å²) in [6.07, 6.45) is 3.48. The minimum Gasteiger partial charge on any atom is -0.392 e. The number of hydrogen-bond acceptors (Lipinski definition) is 5. The lowest BCUT2D eigenvalue weighted by atomic mass is 10.00. The summed E-state index contributed by atoms with van der Waals surface area (Å²) < 4.78 is 35.0. The largest absolute Gasteiger partial charge is 0.392 e. The Labute approximate surface area is 217 Å². The number of pyridine rings is 1. The zero-order valence-corrected chi connectivity index (χ0v) is 21.0. The van der Waals surface area contributed by atoms with Crippen molar-refractivity contribution in [3.63, 3.8) is 0 Å². The lowest BCUT2D eigenvalue weighted by Gasteiger charge is -2.29. The van der Waals surface area contributed by atoms with E-state index in [0.717, 1.165) is 25.1 Å². The van der Waals surface area contributed by atoms with Crippen molar-refractivity contribution in [2.45, 2.75) is 31.4 Å². The number of aromatic nitrogens is 1. The van der Waals surface area contributed by atoms with Crippen molar-refractivity contribution < 1.29 is 18.4 Å². The van der Waals surface area contributed by atoms with E-state index in [0.29, 0.717) is 25.0 Å². The molecule has 2 atom stereocenters. The predicted molar refractivity (Wildman–Crippen MR) is 136 cm³/mol. The molecule has 0 radical (unpaired) electrons. The van der Waals surface area contributed by atoms with Gasteiger partial charge < -0.3 is 14.9 Å². The molecule has 0 aliphatic carbocycles. The second kappa shape index (κ2) is 12.0. The van der Waals surface area contributed by atoms with Crippen molar-refractivity contribution in [3.05, 3.63) is 97.9 Å². The predicted octanol–water partition coefficient (Wildman–Crippen LogP) is 5.35. The van der Waals surface area contributed by atoms with E-state index >= 15 is 0 Å². The van der Waals surface area contributed by atoms with Crippen molar-refractivity contribution in [1.29, 1.82) is 0 Å². The van der Waals surface area contributed by atoms with Gasteiger partial charge in [0.25, 0.3) is 5.56 Å². The number of rotatable bonds is 8. The van der Waals surface area contributed by atoms with Crippen LogP contribution in [0.3, 0.4) is 0 Å². The smallest absolute Gasteiger partial charge is 0.255 e. The fourth-order valence-electron chi connectivity index (χ4n) is 4.13. The van der Waals surface area contributed by atoms with Crippen LogP contribution in [-0.2, 0) is 9.57 Å². The summed E-state index contributed by atoms with van der Waals surface area (Å²) in [6, 6.07) is 11.1. The topological polar surface area (TPSA) is 64.8 Å². The normalized spacial score (nSPS) is 18.3. The molecule has 2 unspecified atom stereocenters. The van der Waals surface area contributed by atoms with Gasteiger partial charge in [-0.3, -0.25) is 9.36 Å². The number of nitrogens with one attached hydrogen (secondary N) is 1. The standard InChI is InChI=1S/C26H25Cl2F2N3O3/c1-35-12-10-18-14-19(9-11-31-18)36-32-25(20-7-6-17(29)13-23(20)30)16-5-8-24(34)33(15-16)26-21(27)3-2-4-22(26)28/h2-8,13,15,18-19,31H,9-12,14H2,1H3. The number of piperidine rings is 1. The van der Waals surface area contributed by atoms with Gasteiger partial charge in [-0.15, -0.1) is 0 Å². The summed E-state index contributed by atoms with van der Waals surface area (Å²) in [5, 5.41) is 8.27. The highest BCUT2D eigenvalue weighted by Crippen LogP contribution is 2.28. The maximum atomic E-state index is 14.9. The SMILES string of the molecule is COCCC1CC(ON=C(c2ccc(=O)n(-c3c(Cl)cccc3Cl)c2)c2ccc(F)cc2F)CCN1. The van der Waals surface area contributed by atoms with Gasteiger partial charge in [-0.2, -0.15) is 0 Å². The van der Waals surface area contributed by atoms with E-state index in [1.807, 2.05) is 0 Å². The molecular weight excluding hydrogens is 511 g/mol. The molecule has 6 nitrogen and oxygen atoms in total. The van der Waals surface area contributed by atoms with Crippen molar-refractivity contribution in [1.82, 2.24) is 9.88 Å². The number of methoxy groups -OCH3 is 1. The van der Waals surface area contributed by atoms with Gasteiger partial charge in [-0.1, -0.05) is 34.4 Å². The third kappa shape index (κ3) is 6.13. The molecule has 3 aromatic rings. The van der Waals surface area contributed by atoms with Crippen LogP contribution in [0.1, 0.15) is 30.4 Å². The Hall–Kier alpha value is -2.78. The number of hydrogen-bond donors (Lipinski definition) is 1. The van der Waals surface area contributed by atoms with Crippen LogP contribution in [0.2, 0.25) is 10.0 Å². The third-order valence-electron chi connectivity index (χ3n) is 5.96. The first-order chi connectivity index (χ1) is 17.4. The van der Waals surface area contributed by atoms with Crippen LogP contribution in [0.5, 0.6) is 0 Å². The summed E-state index contributed by atoms with van der Waals surface area (Å²) in [5.41, 5.74) is 0.383. The van der Waals surface area contributed by atoms with Crippen LogP contribution in [0.15, 0.2) is 64.7 Å². The quantitative estimate of drug-likeness (QED) is 0.312. The minimum atomic E-state index is -0.811. The van der Waals surface area contributed by atoms with Gasteiger partial charge in [-0.05, 0) is 49.7 Å². The van der Waals surface area contributed by atoms with Crippen LogP contribution >= 0.6 is 23.2 Å². The molecule has 2 heterocycles. The number of nitrogens with zero attached hydrogens (tertiary/aromatic N) is 2. The maximum absolute atomic E-state index is 14.9. The van der Waals surface area contributed by atoms with Gasteiger partial charge in [0, 0.05) is 55.6 Å². The van der Waals surface area contributed by atoms with Gasteiger partial charge in [0.2, 0.25) is 0 Å². The minimum absolute atomic E-state index is 0.0247. The van der Waals surface area contributed by atoms with E-state index < -0.39 is 17.2 Å². The molecule has 0 amide bonds. The van der Waals surface area contributed by atoms with E-state index in [1.54, 1.807) is 25.3 Å². The van der Waals surface area contributed by atoms with Crippen molar-refractivity contribution >= 4 is 28.9 Å². The van der Waals surface area contributed by atoms with Gasteiger partial charge >= 0.3 is 0 Å². The highest BCUT2D eigenvalue weighted by Gasteiger charge is 2.24. The van der Waals surface area contributed by atoms with Crippen LogP contribution in [0.25, 0.3) is 5.69 Å². The molecule has 1 fully saturated rings. The van der Waals surface area contributed by atoms with Gasteiger partial charge in [-0.25, -0.2) is 8.78 Å². The number of halogens is 4.